The van der Waals surface area contributed by atoms with Gasteiger partial charge in [0, 0.05) is 31.2 Å². The van der Waals surface area contributed by atoms with Crippen LogP contribution in [0.5, 0.6) is 0 Å². The summed E-state index contributed by atoms with van der Waals surface area (Å²) in [5, 5.41) is 6.69. The first-order chi connectivity index (χ1) is 7.33. The molecule has 0 radical (unpaired) electrons. The average Bonchev–Trinajstić information content (AvgIpc) is 2.75. The number of aryl methyl sites for hydroxylation is 1. The first-order valence-electron chi connectivity index (χ1n) is 4.83. The number of nitrogens with zero attached hydrogens (tertiary/aromatic N) is 1. The number of hydrogen-bond donors (Lipinski definition) is 3. The van der Waals surface area contributed by atoms with Crippen molar-refractivity contribution in [3.63, 3.8) is 0 Å². The van der Waals surface area contributed by atoms with Crippen molar-refractivity contribution in [2.75, 3.05) is 25.1 Å². The van der Waals surface area contributed by atoms with E-state index in [1.807, 2.05) is 25.0 Å². The van der Waals surface area contributed by atoms with Gasteiger partial charge in [0.05, 0.1) is 6.33 Å². The van der Waals surface area contributed by atoms with Gasteiger partial charge in [-0.3, -0.25) is 0 Å². The summed E-state index contributed by atoms with van der Waals surface area (Å²) in [4.78, 5) is 7.05. The lowest BCUT2D eigenvalue weighted by Gasteiger charge is -2.05. The molecular formula is C9H16N4S2. The molecular weight excluding hydrogens is 228 g/mol. The molecule has 0 aliphatic rings. The highest BCUT2D eigenvalue weighted by Crippen LogP contribution is 2.03. The number of H-pyrrole nitrogens is 1. The number of rotatable bonds is 6. The molecule has 0 amide bonds. The van der Waals surface area contributed by atoms with Crippen LogP contribution in [-0.4, -0.2) is 40.2 Å². The van der Waals surface area contributed by atoms with Gasteiger partial charge in [0.15, 0.2) is 5.11 Å². The van der Waals surface area contributed by atoms with Gasteiger partial charge in [0.2, 0.25) is 0 Å². The van der Waals surface area contributed by atoms with Gasteiger partial charge in [-0.1, -0.05) is 0 Å². The van der Waals surface area contributed by atoms with Crippen LogP contribution in [0.4, 0.5) is 0 Å². The van der Waals surface area contributed by atoms with E-state index in [4.69, 9.17) is 12.2 Å². The number of hydrogen-bond acceptors (Lipinski definition) is 3. The highest BCUT2D eigenvalue weighted by molar-refractivity contribution is 7.99. The zero-order chi connectivity index (χ0) is 10.9. The fourth-order valence-corrected chi connectivity index (χ4v) is 1.95. The van der Waals surface area contributed by atoms with Crippen LogP contribution in [0.25, 0.3) is 0 Å². The molecule has 1 aromatic heterocycles. The van der Waals surface area contributed by atoms with Crippen molar-refractivity contribution in [3.05, 3.63) is 18.2 Å². The molecule has 0 unspecified atom stereocenters. The monoisotopic (exact) mass is 244 g/mol. The molecule has 84 valence electrons. The normalized spacial score (nSPS) is 9.93. The van der Waals surface area contributed by atoms with Crippen molar-refractivity contribution >= 4 is 29.1 Å². The number of thioether (sulfide) groups is 1. The van der Waals surface area contributed by atoms with Crippen molar-refractivity contribution in [1.82, 2.24) is 20.6 Å². The van der Waals surface area contributed by atoms with Crippen LogP contribution in [-0.2, 0) is 6.42 Å². The molecule has 0 aliphatic heterocycles. The lowest BCUT2D eigenvalue weighted by atomic mass is 10.4. The van der Waals surface area contributed by atoms with Crippen molar-refractivity contribution in [2.45, 2.75) is 6.42 Å². The lowest BCUT2D eigenvalue weighted by Crippen LogP contribution is -2.33. The number of nitrogens with one attached hydrogen (secondary N) is 3. The Morgan fingerprint density at radius 2 is 2.47 bits per heavy atom. The first-order valence-corrected chi connectivity index (χ1v) is 6.40. The molecule has 0 saturated carbocycles. The Hall–Kier alpha value is -0.750. The van der Waals surface area contributed by atoms with Crippen LogP contribution in [0.1, 0.15) is 5.69 Å². The van der Waals surface area contributed by atoms with Crippen LogP contribution in [0.2, 0.25) is 0 Å². The maximum Gasteiger partial charge on any atom is 0.166 e. The lowest BCUT2D eigenvalue weighted by molar-refractivity contribution is 0.941. The highest BCUT2D eigenvalue weighted by Gasteiger charge is 1.95. The topological polar surface area (TPSA) is 52.7 Å². The maximum atomic E-state index is 4.95. The van der Waals surface area contributed by atoms with E-state index in [2.05, 4.69) is 20.6 Å². The van der Waals surface area contributed by atoms with E-state index in [9.17, 15) is 0 Å². The van der Waals surface area contributed by atoms with Gasteiger partial charge in [0.25, 0.3) is 0 Å². The Balaban J connectivity index is 1.91. The van der Waals surface area contributed by atoms with Gasteiger partial charge in [-0.05, 0) is 24.4 Å². The second-order valence-corrected chi connectivity index (χ2v) is 4.58. The third-order valence-corrected chi connectivity index (χ3v) is 3.16. The Morgan fingerprint density at radius 1 is 1.60 bits per heavy atom. The number of imidazole rings is 1. The Morgan fingerprint density at radius 3 is 3.13 bits per heavy atom. The Kier molecular flexibility index (Phi) is 6.18. The SMILES string of the molecule is CNC(=S)NCCSCCc1cnc[nH]1. The molecule has 0 atom stereocenters. The van der Waals surface area contributed by atoms with E-state index in [0.717, 1.165) is 24.5 Å². The van der Waals surface area contributed by atoms with E-state index >= 15 is 0 Å². The quantitative estimate of drug-likeness (QED) is 0.510. The van der Waals surface area contributed by atoms with E-state index in [0.29, 0.717) is 5.11 Å². The van der Waals surface area contributed by atoms with Gasteiger partial charge in [0.1, 0.15) is 0 Å². The fraction of sp³-hybridized carbons (Fsp3) is 0.556. The van der Waals surface area contributed by atoms with Gasteiger partial charge in [-0.15, -0.1) is 0 Å². The molecule has 0 saturated heterocycles. The molecule has 15 heavy (non-hydrogen) atoms. The molecule has 0 bridgehead atoms. The van der Waals surface area contributed by atoms with E-state index in [-0.39, 0.29) is 0 Å². The van der Waals surface area contributed by atoms with E-state index in [1.165, 1.54) is 5.69 Å². The van der Waals surface area contributed by atoms with Crippen LogP contribution in [0, 0.1) is 0 Å². The molecule has 0 aromatic carbocycles. The summed E-state index contributed by atoms with van der Waals surface area (Å²) in [6.45, 7) is 0.910. The van der Waals surface area contributed by atoms with E-state index in [1.54, 1.807) is 6.33 Å². The zero-order valence-corrected chi connectivity index (χ0v) is 10.4. The number of aromatic nitrogens is 2. The summed E-state index contributed by atoms with van der Waals surface area (Å²) in [6, 6.07) is 0. The molecule has 0 spiro atoms. The summed E-state index contributed by atoms with van der Waals surface area (Å²) in [5.74, 6) is 2.17. The summed E-state index contributed by atoms with van der Waals surface area (Å²) < 4.78 is 0. The molecule has 3 N–H and O–H groups in total. The van der Waals surface area contributed by atoms with Crippen LogP contribution in [0.3, 0.4) is 0 Å². The molecule has 0 aliphatic carbocycles. The van der Waals surface area contributed by atoms with Crippen LogP contribution < -0.4 is 10.6 Å². The summed E-state index contributed by atoms with van der Waals surface area (Å²) in [6.07, 6.45) is 4.63. The molecule has 1 rings (SSSR count). The third kappa shape index (κ3) is 5.64. The van der Waals surface area contributed by atoms with Gasteiger partial charge in [-0.2, -0.15) is 11.8 Å². The van der Waals surface area contributed by atoms with Crippen molar-refractivity contribution in [2.24, 2.45) is 0 Å². The molecule has 0 fully saturated rings. The second kappa shape index (κ2) is 7.53. The van der Waals surface area contributed by atoms with Gasteiger partial charge >= 0.3 is 0 Å². The second-order valence-electron chi connectivity index (χ2n) is 2.95. The largest absolute Gasteiger partial charge is 0.366 e. The predicted octanol–water partition coefficient (Wildman–Crippen LogP) is 0.779. The Bertz CT molecular complexity index is 274. The highest BCUT2D eigenvalue weighted by atomic mass is 32.2. The molecule has 4 nitrogen and oxygen atoms in total. The van der Waals surface area contributed by atoms with Crippen molar-refractivity contribution in [1.29, 1.82) is 0 Å². The van der Waals surface area contributed by atoms with Crippen molar-refractivity contribution in [3.8, 4) is 0 Å². The van der Waals surface area contributed by atoms with Gasteiger partial charge in [-0.25, -0.2) is 4.98 Å². The van der Waals surface area contributed by atoms with E-state index < -0.39 is 0 Å². The van der Waals surface area contributed by atoms with Crippen LogP contribution in [0.15, 0.2) is 12.5 Å². The molecule has 6 heteroatoms. The number of thiocarbonyl (C=S) groups is 1. The summed E-state index contributed by atoms with van der Waals surface area (Å²) in [5.41, 5.74) is 1.20. The van der Waals surface area contributed by atoms with Crippen molar-refractivity contribution < 1.29 is 0 Å². The minimum atomic E-state index is 0.712. The minimum absolute atomic E-state index is 0.712. The molecule has 1 heterocycles. The predicted molar refractivity (Wildman–Crippen MR) is 69.3 cm³/mol. The summed E-state index contributed by atoms with van der Waals surface area (Å²) in [7, 11) is 1.82. The standard InChI is InChI=1S/C9H16N4S2/c1-10-9(14)12-3-5-15-4-2-8-6-11-7-13-8/h6-7H,2-5H2,1H3,(H,11,13)(H2,10,12,14). The number of aromatic amines is 1. The third-order valence-electron chi connectivity index (χ3n) is 1.83. The smallest absolute Gasteiger partial charge is 0.166 e. The average molecular weight is 244 g/mol. The van der Waals surface area contributed by atoms with Gasteiger partial charge < -0.3 is 15.6 Å². The van der Waals surface area contributed by atoms with Crippen LogP contribution >= 0.6 is 24.0 Å². The molecule has 1 aromatic rings. The zero-order valence-electron chi connectivity index (χ0n) is 8.75. The Labute approximate surface area is 99.6 Å². The maximum absolute atomic E-state index is 4.95. The first kappa shape index (κ1) is 12.3. The fourth-order valence-electron chi connectivity index (χ4n) is 1.03. The summed E-state index contributed by atoms with van der Waals surface area (Å²) >= 11 is 6.86. The minimum Gasteiger partial charge on any atom is -0.366 e.